The van der Waals surface area contributed by atoms with Gasteiger partial charge in [-0.2, -0.15) is 0 Å². The summed E-state index contributed by atoms with van der Waals surface area (Å²) < 4.78 is 35.6. The second-order valence-electron chi connectivity index (χ2n) is 6.29. The van der Waals surface area contributed by atoms with Crippen LogP contribution in [-0.2, 0) is 29.3 Å². The molecule has 0 aliphatic heterocycles. The maximum absolute atomic E-state index is 13.8. The minimum Gasteiger partial charge on any atom is -0.497 e. The van der Waals surface area contributed by atoms with E-state index >= 15 is 0 Å². The fraction of sp³-hybridized carbons (Fsp3) is 0.227. The van der Waals surface area contributed by atoms with Crippen LogP contribution in [0.1, 0.15) is 28.1 Å². The lowest BCUT2D eigenvalue weighted by atomic mass is 10.1. The number of benzene rings is 2. The first-order valence-electron chi connectivity index (χ1n) is 8.78. The molecule has 0 unspecified atom stereocenters. The lowest BCUT2D eigenvalue weighted by molar-refractivity contribution is 0.102. The van der Waals surface area contributed by atoms with E-state index in [4.69, 9.17) is 18.7 Å². The Bertz CT molecular complexity index is 951. The third kappa shape index (κ3) is 5.20. The summed E-state index contributed by atoms with van der Waals surface area (Å²) in [6.07, 6.45) is 0. The molecule has 3 aromatic rings. The quantitative estimate of drug-likeness (QED) is 0.485. The van der Waals surface area contributed by atoms with Gasteiger partial charge in [-0.05, 0) is 36.8 Å². The van der Waals surface area contributed by atoms with Crippen LogP contribution < -0.4 is 4.74 Å². The molecule has 1 aromatic heterocycles. The molecule has 0 amide bonds. The molecule has 0 bridgehead atoms. The number of methoxy groups -OCH3 is 1. The van der Waals surface area contributed by atoms with Crippen molar-refractivity contribution in [2.24, 2.45) is 0 Å². The average Bonchev–Trinajstić information content (AvgIpc) is 3.11. The van der Waals surface area contributed by atoms with Gasteiger partial charge >= 0.3 is 0 Å². The van der Waals surface area contributed by atoms with Crippen molar-refractivity contribution in [1.29, 1.82) is 0 Å². The van der Waals surface area contributed by atoms with Gasteiger partial charge in [0.25, 0.3) is 0 Å². The van der Waals surface area contributed by atoms with Crippen molar-refractivity contribution in [2.75, 3.05) is 7.11 Å². The van der Waals surface area contributed by atoms with Gasteiger partial charge in [-0.1, -0.05) is 29.9 Å². The molecule has 0 aliphatic carbocycles. The predicted octanol–water partition coefficient (Wildman–Crippen LogP) is 5.04. The van der Waals surface area contributed by atoms with Crippen LogP contribution in [0.2, 0.25) is 0 Å². The zero-order valence-electron chi connectivity index (χ0n) is 15.9. The summed E-state index contributed by atoms with van der Waals surface area (Å²) >= 11 is 0. The molecule has 0 saturated carbocycles. The number of aromatic nitrogens is 1. The molecular weight excluding hydrogens is 361 g/mol. The fourth-order valence-electron chi connectivity index (χ4n) is 2.64. The van der Waals surface area contributed by atoms with Crippen molar-refractivity contribution in [3.05, 3.63) is 89.1 Å². The van der Waals surface area contributed by atoms with Crippen molar-refractivity contribution in [3.63, 3.8) is 0 Å². The number of hydrogen-bond acceptors (Lipinski definition) is 5. The van der Waals surface area contributed by atoms with Crippen LogP contribution in [0.5, 0.6) is 5.75 Å². The zero-order valence-corrected chi connectivity index (χ0v) is 15.9. The van der Waals surface area contributed by atoms with E-state index in [0.717, 1.165) is 22.6 Å². The van der Waals surface area contributed by atoms with Crippen LogP contribution in [0.25, 0.3) is 5.76 Å². The molecule has 1 heterocycles. The molecular formula is C22H22FNO4. The summed E-state index contributed by atoms with van der Waals surface area (Å²) in [6.45, 7) is 6.51. The molecule has 0 N–H and O–H groups in total. The third-order valence-electron chi connectivity index (χ3n) is 4.08. The van der Waals surface area contributed by atoms with Crippen molar-refractivity contribution in [2.45, 2.75) is 26.7 Å². The highest BCUT2D eigenvalue weighted by atomic mass is 19.1. The molecule has 28 heavy (non-hydrogen) atoms. The summed E-state index contributed by atoms with van der Waals surface area (Å²) in [5, 5.41) is 3.90. The Balaban J connectivity index is 1.70. The van der Waals surface area contributed by atoms with E-state index in [1.807, 2.05) is 25.1 Å². The summed E-state index contributed by atoms with van der Waals surface area (Å²) in [6, 6.07) is 13.9. The van der Waals surface area contributed by atoms with Gasteiger partial charge in [-0.3, -0.25) is 0 Å². The Labute approximate surface area is 163 Å². The molecule has 5 nitrogen and oxygen atoms in total. The van der Waals surface area contributed by atoms with Crippen LogP contribution in [-0.4, -0.2) is 12.3 Å². The number of nitrogens with zero attached hydrogens (tertiary/aromatic N) is 1. The fourth-order valence-corrected chi connectivity index (χ4v) is 2.64. The first-order chi connectivity index (χ1) is 13.5. The van der Waals surface area contributed by atoms with E-state index < -0.39 is 0 Å². The summed E-state index contributed by atoms with van der Waals surface area (Å²) in [4.78, 5) is 0. The van der Waals surface area contributed by atoms with Crippen LogP contribution >= 0.6 is 0 Å². The molecule has 6 heteroatoms. The number of ether oxygens (including phenoxy) is 3. The Morgan fingerprint density at radius 3 is 2.64 bits per heavy atom. The van der Waals surface area contributed by atoms with Crippen LogP contribution in [0, 0.1) is 12.7 Å². The van der Waals surface area contributed by atoms with Crippen molar-refractivity contribution in [3.8, 4) is 5.75 Å². The minimum atomic E-state index is -0.300. The second-order valence-corrected chi connectivity index (χ2v) is 6.29. The molecule has 0 saturated heterocycles. The molecule has 0 aliphatic rings. The standard InChI is InChI=1S/C22H22FNO4/c1-15-8-20(24-28-15)14-26-12-17-9-19(16(2)25-3)11-21(10-17)27-13-18-6-4-5-7-22(18)23/h4-11H,2,12-14H2,1,3H3. The van der Waals surface area contributed by atoms with Gasteiger partial charge in [-0.25, -0.2) is 4.39 Å². The minimum absolute atomic E-state index is 0.119. The average molecular weight is 383 g/mol. The number of halogens is 1. The Hall–Kier alpha value is -3.12. The molecule has 2 aromatic carbocycles. The topological polar surface area (TPSA) is 53.7 Å². The Kier molecular flexibility index (Phi) is 6.45. The smallest absolute Gasteiger partial charge is 0.134 e. The maximum Gasteiger partial charge on any atom is 0.134 e. The SMILES string of the molecule is C=C(OC)c1cc(COCc2cc(C)on2)cc(OCc2ccccc2F)c1. The largest absolute Gasteiger partial charge is 0.497 e. The molecule has 0 radical (unpaired) electrons. The lowest BCUT2D eigenvalue weighted by Gasteiger charge is -2.13. The molecule has 146 valence electrons. The monoisotopic (exact) mass is 383 g/mol. The van der Waals surface area contributed by atoms with E-state index in [1.54, 1.807) is 31.4 Å². The summed E-state index contributed by atoms with van der Waals surface area (Å²) in [5.74, 6) is 1.52. The predicted molar refractivity (Wildman–Crippen MR) is 103 cm³/mol. The highest BCUT2D eigenvalue weighted by Crippen LogP contribution is 2.24. The first-order valence-corrected chi connectivity index (χ1v) is 8.78. The van der Waals surface area contributed by atoms with Crippen LogP contribution in [0.15, 0.2) is 59.6 Å². The maximum atomic E-state index is 13.8. The second kappa shape index (κ2) is 9.19. The Morgan fingerprint density at radius 2 is 1.93 bits per heavy atom. The third-order valence-corrected chi connectivity index (χ3v) is 4.08. The van der Waals surface area contributed by atoms with Crippen LogP contribution in [0.4, 0.5) is 4.39 Å². The van der Waals surface area contributed by atoms with E-state index in [1.165, 1.54) is 6.07 Å². The molecule has 0 atom stereocenters. The molecule has 0 spiro atoms. The summed E-state index contributed by atoms with van der Waals surface area (Å²) in [5.41, 5.74) is 2.85. The van der Waals surface area contributed by atoms with Gasteiger partial charge in [0.15, 0.2) is 0 Å². The number of aryl methyl sites for hydroxylation is 1. The van der Waals surface area contributed by atoms with Crippen LogP contribution in [0.3, 0.4) is 0 Å². The van der Waals surface area contributed by atoms with Crippen molar-refractivity contribution < 1.29 is 23.1 Å². The highest BCUT2D eigenvalue weighted by Gasteiger charge is 2.09. The van der Waals surface area contributed by atoms with E-state index in [2.05, 4.69) is 11.7 Å². The van der Waals surface area contributed by atoms with Gasteiger partial charge in [0.1, 0.15) is 35.4 Å². The normalized spacial score (nSPS) is 10.7. The van der Waals surface area contributed by atoms with Gasteiger partial charge < -0.3 is 18.7 Å². The Morgan fingerprint density at radius 1 is 1.11 bits per heavy atom. The van der Waals surface area contributed by atoms with Gasteiger partial charge in [0.2, 0.25) is 0 Å². The van der Waals surface area contributed by atoms with E-state index in [0.29, 0.717) is 30.3 Å². The van der Waals surface area contributed by atoms with Gasteiger partial charge in [0, 0.05) is 17.2 Å². The number of rotatable bonds is 9. The van der Waals surface area contributed by atoms with Crippen molar-refractivity contribution >= 4 is 5.76 Å². The van der Waals surface area contributed by atoms with Gasteiger partial charge in [-0.15, -0.1) is 0 Å². The molecule has 3 rings (SSSR count). The number of hydrogen-bond donors (Lipinski definition) is 0. The molecule has 0 fully saturated rings. The zero-order chi connectivity index (χ0) is 19.9. The lowest BCUT2D eigenvalue weighted by Crippen LogP contribution is -2.01. The highest BCUT2D eigenvalue weighted by molar-refractivity contribution is 5.60. The van der Waals surface area contributed by atoms with E-state index in [-0.39, 0.29) is 12.4 Å². The first kappa shape index (κ1) is 19.6. The van der Waals surface area contributed by atoms with E-state index in [9.17, 15) is 4.39 Å². The summed E-state index contributed by atoms with van der Waals surface area (Å²) in [7, 11) is 1.55. The van der Waals surface area contributed by atoms with Gasteiger partial charge in [0.05, 0.1) is 20.3 Å². The van der Waals surface area contributed by atoms with Crippen molar-refractivity contribution in [1.82, 2.24) is 5.16 Å².